The van der Waals surface area contributed by atoms with Gasteiger partial charge in [0.15, 0.2) is 0 Å². The standard InChI is InChI=1S/C12H15NO4/c1-12(2,3)11(14)17-8-9-6-4-5-7-10(9)13(15)16/h4-7H,8H2,1-3H3. The van der Waals surface area contributed by atoms with Crippen molar-refractivity contribution in [1.29, 1.82) is 0 Å². The maximum atomic E-state index is 11.5. The number of carbonyl (C=O) groups is 1. The van der Waals surface area contributed by atoms with E-state index in [1.807, 2.05) is 0 Å². The van der Waals surface area contributed by atoms with Crippen molar-refractivity contribution >= 4 is 11.7 Å². The van der Waals surface area contributed by atoms with Crippen LogP contribution < -0.4 is 0 Å². The van der Waals surface area contributed by atoms with E-state index in [2.05, 4.69) is 0 Å². The summed E-state index contributed by atoms with van der Waals surface area (Å²) >= 11 is 0. The second-order valence-corrected chi connectivity index (χ2v) is 4.71. The van der Waals surface area contributed by atoms with Crippen LogP contribution in [0.1, 0.15) is 26.3 Å². The van der Waals surface area contributed by atoms with Gasteiger partial charge in [-0.2, -0.15) is 0 Å². The lowest BCUT2D eigenvalue weighted by molar-refractivity contribution is -0.385. The Morgan fingerprint density at radius 3 is 2.47 bits per heavy atom. The van der Waals surface area contributed by atoms with E-state index in [4.69, 9.17) is 4.74 Å². The summed E-state index contributed by atoms with van der Waals surface area (Å²) in [4.78, 5) is 21.8. The van der Waals surface area contributed by atoms with Crippen molar-refractivity contribution in [1.82, 2.24) is 0 Å². The summed E-state index contributed by atoms with van der Waals surface area (Å²) in [6.45, 7) is 5.12. The van der Waals surface area contributed by atoms with Crippen LogP contribution in [0, 0.1) is 15.5 Å². The minimum Gasteiger partial charge on any atom is -0.460 e. The fourth-order valence-electron chi connectivity index (χ4n) is 1.17. The molecule has 92 valence electrons. The highest BCUT2D eigenvalue weighted by molar-refractivity contribution is 5.75. The van der Waals surface area contributed by atoms with Crippen LogP contribution in [-0.2, 0) is 16.1 Å². The molecule has 1 aromatic rings. The van der Waals surface area contributed by atoms with Crippen molar-refractivity contribution in [3.8, 4) is 0 Å². The molecular formula is C12H15NO4. The van der Waals surface area contributed by atoms with Crippen LogP contribution in [0.5, 0.6) is 0 Å². The Morgan fingerprint density at radius 1 is 1.35 bits per heavy atom. The lowest BCUT2D eigenvalue weighted by Crippen LogP contribution is -2.22. The maximum absolute atomic E-state index is 11.5. The van der Waals surface area contributed by atoms with Crippen LogP contribution in [-0.4, -0.2) is 10.9 Å². The molecule has 17 heavy (non-hydrogen) atoms. The fraction of sp³-hybridized carbons (Fsp3) is 0.417. The normalized spacial score (nSPS) is 11.0. The van der Waals surface area contributed by atoms with Crippen molar-refractivity contribution in [3.05, 3.63) is 39.9 Å². The van der Waals surface area contributed by atoms with Gasteiger partial charge >= 0.3 is 5.97 Å². The summed E-state index contributed by atoms with van der Waals surface area (Å²) < 4.78 is 5.04. The average Bonchev–Trinajstić information content (AvgIpc) is 2.24. The molecular weight excluding hydrogens is 222 g/mol. The molecule has 0 bridgehead atoms. The number of ether oxygens (including phenoxy) is 1. The van der Waals surface area contributed by atoms with Gasteiger partial charge in [-0.25, -0.2) is 0 Å². The third kappa shape index (κ3) is 3.55. The molecule has 0 radical (unpaired) electrons. The smallest absolute Gasteiger partial charge is 0.311 e. The molecule has 0 saturated heterocycles. The number of rotatable bonds is 3. The zero-order valence-electron chi connectivity index (χ0n) is 10.1. The Morgan fingerprint density at radius 2 is 1.94 bits per heavy atom. The summed E-state index contributed by atoms with van der Waals surface area (Å²) in [5.41, 5.74) is -0.242. The molecule has 5 nitrogen and oxygen atoms in total. The van der Waals surface area contributed by atoms with Crippen molar-refractivity contribution in [3.63, 3.8) is 0 Å². The van der Waals surface area contributed by atoms with Crippen LogP contribution in [0.2, 0.25) is 0 Å². The Balaban J connectivity index is 2.77. The first-order chi connectivity index (χ1) is 7.82. The quantitative estimate of drug-likeness (QED) is 0.460. The number of nitrogens with zero attached hydrogens (tertiary/aromatic N) is 1. The molecule has 0 saturated carbocycles. The largest absolute Gasteiger partial charge is 0.460 e. The van der Waals surface area contributed by atoms with Crippen LogP contribution in [0.15, 0.2) is 24.3 Å². The van der Waals surface area contributed by atoms with E-state index in [1.54, 1.807) is 39.0 Å². The molecule has 0 N–H and O–H groups in total. The first-order valence-electron chi connectivity index (χ1n) is 5.22. The molecule has 5 heteroatoms. The van der Waals surface area contributed by atoms with Crippen LogP contribution in [0.3, 0.4) is 0 Å². The zero-order valence-corrected chi connectivity index (χ0v) is 10.1. The number of para-hydroxylation sites is 1. The monoisotopic (exact) mass is 237 g/mol. The Bertz CT molecular complexity index is 434. The van der Waals surface area contributed by atoms with Gasteiger partial charge in [0, 0.05) is 6.07 Å². The molecule has 1 aromatic carbocycles. The SMILES string of the molecule is CC(C)(C)C(=O)OCc1ccccc1[N+](=O)[O-]. The molecule has 1 rings (SSSR count). The number of hydrogen-bond acceptors (Lipinski definition) is 4. The third-order valence-corrected chi connectivity index (χ3v) is 2.16. The summed E-state index contributed by atoms with van der Waals surface area (Å²) in [7, 11) is 0. The molecule has 0 atom stereocenters. The van der Waals surface area contributed by atoms with Crippen molar-refractivity contribution < 1.29 is 14.5 Å². The van der Waals surface area contributed by atoms with Crippen LogP contribution >= 0.6 is 0 Å². The van der Waals surface area contributed by atoms with Gasteiger partial charge in [0.1, 0.15) is 6.61 Å². The number of hydrogen-bond donors (Lipinski definition) is 0. The predicted molar refractivity (Wildman–Crippen MR) is 62.3 cm³/mol. The van der Waals surface area contributed by atoms with Gasteiger partial charge in [-0.05, 0) is 26.8 Å². The molecule has 0 aromatic heterocycles. The van der Waals surface area contributed by atoms with Crippen LogP contribution in [0.4, 0.5) is 5.69 Å². The van der Waals surface area contributed by atoms with E-state index in [9.17, 15) is 14.9 Å². The van der Waals surface area contributed by atoms with Gasteiger partial charge in [0.05, 0.1) is 15.9 Å². The number of carbonyl (C=O) groups excluding carboxylic acids is 1. The Hall–Kier alpha value is -1.91. The highest BCUT2D eigenvalue weighted by atomic mass is 16.6. The van der Waals surface area contributed by atoms with Crippen LogP contribution in [0.25, 0.3) is 0 Å². The highest BCUT2D eigenvalue weighted by Crippen LogP contribution is 2.21. The fourth-order valence-corrected chi connectivity index (χ4v) is 1.17. The lowest BCUT2D eigenvalue weighted by atomic mass is 9.97. The minimum absolute atomic E-state index is 0.0331. The Labute approximate surface area is 99.5 Å². The van der Waals surface area contributed by atoms with Crippen molar-refractivity contribution in [2.24, 2.45) is 5.41 Å². The lowest BCUT2D eigenvalue weighted by Gasteiger charge is -2.16. The summed E-state index contributed by atoms with van der Waals surface area (Å²) in [6.07, 6.45) is 0. The second-order valence-electron chi connectivity index (χ2n) is 4.71. The average molecular weight is 237 g/mol. The summed E-state index contributed by atoms with van der Waals surface area (Å²) in [6, 6.07) is 6.22. The number of nitro groups is 1. The van der Waals surface area contributed by atoms with Crippen molar-refractivity contribution in [2.45, 2.75) is 27.4 Å². The van der Waals surface area contributed by atoms with Gasteiger partial charge in [-0.15, -0.1) is 0 Å². The van der Waals surface area contributed by atoms with E-state index >= 15 is 0 Å². The molecule has 0 aliphatic heterocycles. The van der Waals surface area contributed by atoms with Gasteiger partial charge in [0.25, 0.3) is 5.69 Å². The molecule has 0 fully saturated rings. The highest BCUT2D eigenvalue weighted by Gasteiger charge is 2.24. The molecule has 0 aliphatic rings. The molecule has 0 unspecified atom stereocenters. The zero-order chi connectivity index (χ0) is 13.1. The summed E-state index contributed by atoms with van der Waals surface area (Å²) in [5.74, 6) is -0.379. The van der Waals surface area contributed by atoms with Gasteiger partial charge in [0.2, 0.25) is 0 Å². The molecule has 0 heterocycles. The summed E-state index contributed by atoms with van der Waals surface area (Å²) in [5, 5.41) is 10.7. The van der Waals surface area contributed by atoms with Gasteiger partial charge in [-0.3, -0.25) is 14.9 Å². The minimum atomic E-state index is -0.608. The number of benzene rings is 1. The predicted octanol–water partition coefficient (Wildman–Crippen LogP) is 2.68. The van der Waals surface area contributed by atoms with E-state index < -0.39 is 10.3 Å². The van der Waals surface area contributed by atoms with Gasteiger partial charge in [-0.1, -0.05) is 12.1 Å². The number of esters is 1. The van der Waals surface area contributed by atoms with E-state index in [0.29, 0.717) is 5.56 Å². The topological polar surface area (TPSA) is 69.4 Å². The van der Waals surface area contributed by atoms with E-state index in [0.717, 1.165) is 0 Å². The first kappa shape index (κ1) is 13.2. The second kappa shape index (κ2) is 4.95. The van der Waals surface area contributed by atoms with Crippen molar-refractivity contribution in [2.75, 3.05) is 0 Å². The maximum Gasteiger partial charge on any atom is 0.311 e. The molecule has 0 spiro atoms. The Kier molecular flexibility index (Phi) is 3.83. The van der Waals surface area contributed by atoms with E-state index in [1.165, 1.54) is 6.07 Å². The molecule has 0 amide bonds. The third-order valence-electron chi connectivity index (χ3n) is 2.16. The number of nitro benzene ring substituents is 1. The first-order valence-corrected chi connectivity index (χ1v) is 5.22. The molecule has 0 aliphatic carbocycles. The van der Waals surface area contributed by atoms with Gasteiger partial charge < -0.3 is 4.74 Å². The van der Waals surface area contributed by atoms with E-state index in [-0.39, 0.29) is 18.3 Å².